The van der Waals surface area contributed by atoms with Crippen LogP contribution in [0, 0.1) is 23.2 Å². The fraction of sp³-hybridized carbons (Fsp3) is 0.778. The molecule has 7 atom stereocenters. The highest BCUT2D eigenvalue weighted by Gasteiger charge is 2.50. The number of aliphatic hydroxyl groups is 4. The SMILES string of the molecule is C=C1/C(=C\C=C2/CCC[C@]3(C)[C@@H]([C@H](C)C[C@H](O)CC(C)(C)O)CC[C@@H]23)C[C@@H](O)C[C@@H]1O. The Labute approximate surface area is 188 Å². The lowest BCUT2D eigenvalue weighted by atomic mass is 9.60. The van der Waals surface area contributed by atoms with Crippen molar-refractivity contribution in [3.63, 3.8) is 0 Å². The molecule has 0 aromatic carbocycles. The molecule has 0 heterocycles. The van der Waals surface area contributed by atoms with E-state index in [1.165, 1.54) is 31.3 Å². The summed E-state index contributed by atoms with van der Waals surface area (Å²) in [5.74, 6) is 1.57. The quantitative estimate of drug-likeness (QED) is 0.491. The van der Waals surface area contributed by atoms with Crippen LogP contribution in [-0.4, -0.2) is 44.3 Å². The van der Waals surface area contributed by atoms with Gasteiger partial charge in [0.2, 0.25) is 0 Å². The topological polar surface area (TPSA) is 80.9 Å². The lowest BCUT2D eigenvalue weighted by Crippen LogP contribution is -2.37. The average Bonchev–Trinajstić information content (AvgIpc) is 2.99. The van der Waals surface area contributed by atoms with Gasteiger partial charge < -0.3 is 20.4 Å². The van der Waals surface area contributed by atoms with Crippen LogP contribution in [-0.2, 0) is 0 Å². The van der Waals surface area contributed by atoms with Crippen LogP contribution >= 0.6 is 0 Å². The van der Waals surface area contributed by atoms with E-state index < -0.39 is 23.9 Å². The van der Waals surface area contributed by atoms with E-state index >= 15 is 0 Å². The normalized spacial score (nSPS) is 39.0. The molecule has 0 spiro atoms. The van der Waals surface area contributed by atoms with Gasteiger partial charge in [0.25, 0.3) is 0 Å². The van der Waals surface area contributed by atoms with Crippen molar-refractivity contribution in [3.05, 3.63) is 35.5 Å². The smallest absolute Gasteiger partial charge is 0.0811 e. The third-order valence-electron chi connectivity index (χ3n) is 8.37. The minimum Gasteiger partial charge on any atom is -0.393 e. The first-order chi connectivity index (χ1) is 14.4. The Hall–Kier alpha value is -0.940. The Morgan fingerprint density at radius 1 is 1.23 bits per heavy atom. The first kappa shape index (κ1) is 24.7. The van der Waals surface area contributed by atoms with Crippen molar-refractivity contribution < 1.29 is 20.4 Å². The molecule has 0 radical (unpaired) electrons. The molecule has 3 aliphatic rings. The van der Waals surface area contributed by atoms with Gasteiger partial charge in [-0.05, 0) is 93.1 Å². The standard InChI is InChI=1S/C27H44O4/c1-17(13-22(29)16-26(3,4)31)23-10-11-24-19(7-6-12-27(23,24)5)8-9-20-14-21(28)15-25(30)18(20)2/h8-9,17,21-25,28-31H,2,6-7,10-16H2,1,3-5H3/b19-8+,20-9-/t17-,21-,22+,23-,24+,25+,27-/m1/s1. The highest BCUT2D eigenvalue weighted by molar-refractivity contribution is 5.38. The van der Waals surface area contributed by atoms with Crippen LogP contribution in [0.1, 0.15) is 85.5 Å². The molecule has 0 aromatic rings. The minimum absolute atomic E-state index is 0.249. The molecule has 3 aliphatic carbocycles. The second-order valence-corrected chi connectivity index (χ2v) is 11.5. The second-order valence-electron chi connectivity index (χ2n) is 11.5. The Kier molecular flexibility index (Phi) is 7.57. The molecular formula is C27H44O4. The number of hydrogen-bond acceptors (Lipinski definition) is 4. The summed E-state index contributed by atoms with van der Waals surface area (Å²) < 4.78 is 0. The van der Waals surface area contributed by atoms with Gasteiger partial charge in [-0.2, -0.15) is 0 Å². The number of aliphatic hydroxyl groups excluding tert-OH is 3. The zero-order valence-corrected chi connectivity index (χ0v) is 20.0. The summed E-state index contributed by atoms with van der Waals surface area (Å²) in [6, 6.07) is 0. The summed E-state index contributed by atoms with van der Waals surface area (Å²) in [5.41, 5.74) is 2.64. The molecule has 0 aliphatic heterocycles. The van der Waals surface area contributed by atoms with Crippen molar-refractivity contribution in [1.29, 1.82) is 0 Å². The van der Waals surface area contributed by atoms with Crippen molar-refractivity contribution in [1.82, 2.24) is 0 Å². The third-order valence-corrected chi connectivity index (χ3v) is 8.37. The molecule has 3 saturated carbocycles. The molecule has 0 aromatic heterocycles. The third kappa shape index (κ3) is 5.71. The minimum atomic E-state index is -0.834. The molecule has 4 heteroatoms. The van der Waals surface area contributed by atoms with E-state index in [1.54, 1.807) is 13.8 Å². The van der Waals surface area contributed by atoms with E-state index in [-0.39, 0.29) is 5.41 Å². The molecule has 176 valence electrons. The van der Waals surface area contributed by atoms with Crippen LogP contribution in [0.2, 0.25) is 0 Å². The van der Waals surface area contributed by atoms with Crippen molar-refractivity contribution in [3.8, 4) is 0 Å². The van der Waals surface area contributed by atoms with Gasteiger partial charge in [-0.15, -0.1) is 0 Å². The van der Waals surface area contributed by atoms with Crippen molar-refractivity contribution >= 4 is 0 Å². The van der Waals surface area contributed by atoms with Gasteiger partial charge in [-0.25, -0.2) is 0 Å². The second kappa shape index (κ2) is 9.51. The van der Waals surface area contributed by atoms with Gasteiger partial charge in [0.15, 0.2) is 0 Å². The average molecular weight is 433 g/mol. The van der Waals surface area contributed by atoms with Gasteiger partial charge >= 0.3 is 0 Å². The van der Waals surface area contributed by atoms with E-state index in [0.29, 0.717) is 37.0 Å². The molecule has 31 heavy (non-hydrogen) atoms. The fourth-order valence-electron chi connectivity index (χ4n) is 6.93. The van der Waals surface area contributed by atoms with E-state index in [2.05, 4.69) is 32.6 Å². The molecule has 3 fully saturated rings. The van der Waals surface area contributed by atoms with Crippen LogP contribution in [0.3, 0.4) is 0 Å². The van der Waals surface area contributed by atoms with Crippen LogP contribution in [0.4, 0.5) is 0 Å². The Morgan fingerprint density at radius 2 is 1.94 bits per heavy atom. The first-order valence-electron chi connectivity index (χ1n) is 12.3. The predicted molar refractivity (Wildman–Crippen MR) is 125 cm³/mol. The summed E-state index contributed by atoms with van der Waals surface area (Å²) in [6.45, 7) is 12.3. The van der Waals surface area contributed by atoms with Crippen LogP contribution < -0.4 is 0 Å². The van der Waals surface area contributed by atoms with Gasteiger partial charge in [0.1, 0.15) is 0 Å². The van der Waals surface area contributed by atoms with E-state index in [9.17, 15) is 20.4 Å². The number of allylic oxidation sites excluding steroid dienone is 3. The molecule has 4 nitrogen and oxygen atoms in total. The zero-order chi connectivity index (χ0) is 23.0. The van der Waals surface area contributed by atoms with Gasteiger partial charge in [0, 0.05) is 12.8 Å². The lowest BCUT2D eigenvalue weighted by Gasteiger charge is -2.44. The summed E-state index contributed by atoms with van der Waals surface area (Å²) in [4.78, 5) is 0. The summed E-state index contributed by atoms with van der Waals surface area (Å²) in [5, 5.41) is 40.7. The van der Waals surface area contributed by atoms with Crippen LogP contribution in [0.15, 0.2) is 35.5 Å². The van der Waals surface area contributed by atoms with Crippen molar-refractivity contribution in [2.24, 2.45) is 23.2 Å². The van der Waals surface area contributed by atoms with E-state index in [0.717, 1.165) is 24.0 Å². The molecule has 0 amide bonds. The Bertz CT molecular complexity index is 715. The van der Waals surface area contributed by atoms with Gasteiger partial charge in [0.05, 0.1) is 23.9 Å². The number of fused-ring (bicyclic) bond motifs is 1. The molecule has 3 rings (SSSR count). The maximum absolute atomic E-state index is 10.5. The van der Waals surface area contributed by atoms with E-state index in [1.807, 2.05) is 0 Å². The predicted octanol–water partition coefficient (Wildman–Crippen LogP) is 4.68. The van der Waals surface area contributed by atoms with Crippen LogP contribution in [0.5, 0.6) is 0 Å². The lowest BCUT2D eigenvalue weighted by molar-refractivity contribution is 0.000127. The first-order valence-corrected chi connectivity index (χ1v) is 12.3. The maximum atomic E-state index is 10.5. The van der Waals surface area contributed by atoms with Crippen LogP contribution in [0.25, 0.3) is 0 Å². The highest BCUT2D eigenvalue weighted by atomic mass is 16.3. The number of hydrogen-bond donors (Lipinski definition) is 4. The summed E-state index contributed by atoms with van der Waals surface area (Å²) in [6.07, 6.45) is 10.8. The Balaban J connectivity index is 1.72. The van der Waals surface area contributed by atoms with Crippen molar-refractivity contribution in [2.45, 2.75) is 109 Å². The zero-order valence-electron chi connectivity index (χ0n) is 20.0. The van der Waals surface area contributed by atoms with Gasteiger partial charge in [-0.1, -0.05) is 38.2 Å². The molecule has 0 saturated heterocycles. The van der Waals surface area contributed by atoms with Gasteiger partial charge in [-0.3, -0.25) is 0 Å². The fourth-order valence-corrected chi connectivity index (χ4v) is 6.93. The molecule has 0 bridgehead atoms. The molecule has 0 unspecified atom stereocenters. The molecular weight excluding hydrogens is 388 g/mol. The largest absolute Gasteiger partial charge is 0.393 e. The van der Waals surface area contributed by atoms with Crippen molar-refractivity contribution in [2.75, 3.05) is 0 Å². The summed E-state index contributed by atoms with van der Waals surface area (Å²) in [7, 11) is 0. The number of rotatable bonds is 6. The highest BCUT2D eigenvalue weighted by Crippen LogP contribution is 2.60. The maximum Gasteiger partial charge on any atom is 0.0811 e. The summed E-state index contributed by atoms with van der Waals surface area (Å²) >= 11 is 0. The monoisotopic (exact) mass is 432 g/mol. The van der Waals surface area contributed by atoms with E-state index in [4.69, 9.17) is 0 Å². The molecule has 4 N–H and O–H groups in total. The Morgan fingerprint density at radius 3 is 2.61 bits per heavy atom.